The summed E-state index contributed by atoms with van der Waals surface area (Å²) in [5.74, 6) is 0.423. The minimum absolute atomic E-state index is 0.0232. The fourth-order valence-corrected chi connectivity index (χ4v) is 7.26. The van der Waals surface area contributed by atoms with Crippen LogP contribution in [-0.2, 0) is 11.3 Å². The van der Waals surface area contributed by atoms with Crippen LogP contribution in [0.1, 0.15) is 69.9 Å². The van der Waals surface area contributed by atoms with Crippen LogP contribution in [0.3, 0.4) is 0 Å². The number of urea groups is 1. The molecule has 5 aliphatic rings. The second-order valence-electron chi connectivity index (χ2n) is 12.3. The van der Waals surface area contributed by atoms with Crippen LogP contribution in [0.25, 0.3) is 0 Å². The minimum atomic E-state index is -1.04. The summed E-state index contributed by atoms with van der Waals surface area (Å²) < 4.78 is 7.44. The number of hydrogen-bond acceptors (Lipinski definition) is 5. The number of aromatic nitrogens is 2. The molecule has 8 nitrogen and oxygen atoms in total. The maximum Gasteiger partial charge on any atom is 0.320 e. The van der Waals surface area contributed by atoms with E-state index in [1.807, 2.05) is 9.80 Å². The lowest BCUT2D eigenvalue weighted by molar-refractivity contribution is -0.138. The Hall–Kier alpha value is -2.45. The topological polar surface area (TPSA) is 87.9 Å². The molecule has 2 aliphatic heterocycles. The van der Waals surface area contributed by atoms with Gasteiger partial charge in [0.25, 0.3) is 5.56 Å². The Balaban J connectivity index is 1.22. The second-order valence-corrected chi connectivity index (χ2v) is 12.3. The Morgan fingerprint density at radius 2 is 2.00 bits per heavy atom. The number of carbonyl (C=O) groups excluding carboxylic acids is 1. The first-order chi connectivity index (χ1) is 17.8. The predicted molar refractivity (Wildman–Crippen MR) is 140 cm³/mol. The number of aliphatic hydroxyl groups is 1. The van der Waals surface area contributed by atoms with Gasteiger partial charge in [-0.15, -0.1) is 0 Å². The van der Waals surface area contributed by atoms with Gasteiger partial charge in [0.1, 0.15) is 0 Å². The van der Waals surface area contributed by atoms with Crippen LogP contribution < -0.4 is 5.56 Å². The molecule has 0 radical (unpaired) electrons. The number of amides is 2. The van der Waals surface area contributed by atoms with Crippen molar-refractivity contribution in [1.29, 1.82) is 0 Å². The molecule has 2 saturated carbocycles. The smallest absolute Gasteiger partial charge is 0.320 e. The molecule has 1 aromatic rings. The van der Waals surface area contributed by atoms with Crippen molar-refractivity contribution in [2.45, 2.75) is 82.4 Å². The molecule has 8 heteroatoms. The number of rotatable bonds is 4. The number of piperidine rings is 1. The third kappa shape index (κ3) is 4.46. The van der Waals surface area contributed by atoms with Crippen molar-refractivity contribution < 1.29 is 14.6 Å². The zero-order valence-corrected chi connectivity index (χ0v) is 22.0. The fraction of sp³-hybridized carbons (Fsp3) is 0.690. The molecule has 2 amide bonds. The van der Waals surface area contributed by atoms with Crippen molar-refractivity contribution in [2.24, 2.45) is 10.8 Å². The second kappa shape index (κ2) is 9.38. The Morgan fingerprint density at radius 3 is 2.70 bits per heavy atom. The van der Waals surface area contributed by atoms with Crippen molar-refractivity contribution in [3.8, 4) is 0 Å². The van der Waals surface area contributed by atoms with Gasteiger partial charge in [0.05, 0.1) is 43.4 Å². The summed E-state index contributed by atoms with van der Waals surface area (Å²) in [4.78, 5) is 35.5. The van der Waals surface area contributed by atoms with E-state index < -0.39 is 11.0 Å². The van der Waals surface area contributed by atoms with Crippen molar-refractivity contribution in [3.05, 3.63) is 52.7 Å². The van der Waals surface area contributed by atoms with E-state index in [2.05, 4.69) is 36.2 Å². The van der Waals surface area contributed by atoms with Crippen LogP contribution in [-0.4, -0.2) is 75.0 Å². The molecule has 3 aliphatic carbocycles. The Labute approximate surface area is 219 Å². The highest BCUT2D eigenvalue weighted by atomic mass is 16.5. The summed E-state index contributed by atoms with van der Waals surface area (Å²) in [5, 5.41) is 12.1. The minimum Gasteiger partial charge on any atom is -0.387 e. The van der Waals surface area contributed by atoms with Gasteiger partial charge in [0.15, 0.2) is 0 Å². The van der Waals surface area contributed by atoms with E-state index in [0.29, 0.717) is 45.2 Å². The van der Waals surface area contributed by atoms with Gasteiger partial charge in [-0.1, -0.05) is 44.1 Å². The quantitative estimate of drug-likeness (QED) is 0.673. The van der Waals surface area contributed by atoms with Gasteiger partial charge in [-0.25, -0.2) is 9.78 Å². The molecule has 3 atom stereocenters. The van der Waals surface area contributed by atoms with E-state index in [1.54, 1.807) is 17.0 Å². The van der Waals surface area contributed by atoms with Crippen LogP contribution in [0.4, 0.5) is 4.79 Å². The van der Waals surface area contributed by atoms with E-state index >= 15 is 0 Å². The first-order valence-corrected chi connectivity index (χ1v) is 14.1. The highest BCUT2D eigenvalue weighted by Gasteiger charge is 2.56. The normalized spacial score (nSPS) is 33.3. The summed E-state index contributed by atoms with van der Waals surface area (Å²) in [6.07, 6.45) is 17.5. The predicted octanol–water partition coefficient (Wildman–Crippen LogP) is 3.46. The van der Waals surface area contributed by atoms with E-state index in [1.165, 1.54) is 0 Å². The molecule has 1 spiro atoms. The van der Waals surface area contributed by atoms with Gasteiger partial charge in [-0.3, -0.25) is 9.36 Å². The van der Waals surface area contributed by atoms with Gasteiger partial charge in [0.2, 0.25) is 0 Å². The number of nitrogens with zero attached hydrogens (tertiary/aromatic N) is 4. The average molecular weight is 509 g/mol. The first-order valence-electron chi connectivity index (χ1n) is 14.1. The number of morpholine rings is 1. The lowest BCUT2D eigenvalue weighted by Crippen LogP contribution is -2.65. The molecule has 3 heterocycles. The van der Waals surface area contributed by atoms with Gasteiger partial charge >= 0.3 is 6.03 Å². The van der Waals surface area contributed by atoms with E-state index in [9.17, 15) is 14.7 Å². The van der Waals surface area contributed by atoms with E-state index in [-0.39, 0.29) is 29.6 Å². The highest BCUT2D eigenvalue weighted by Crippen LogP contribution is 2.52. The summed E-state index contributed by atoms with van der Waals surface area (Å²) in [7, 11) is 0. The Kier molecular flexibility index (Phi) is 6.30. The van der Waals surface area contributed by atoms with Crippen molar-refractivity contribution in [1.82, 2.24) is 19.4 Å². The molecule has 6 rings (SSSR count). The maximum atomic E-state index is 14.0. The lowest BCUT2D eigenvalue weighted by atomic mass is 9.66. The van der Waals surface area contributed by atoms with Crippen LogP contribution in [0, 0.1) is 10.8 Å². The zero-order valence-electron chi connectivity index (χ0n) is 22.0. The van der Waals surface area contributed by atoms with Gasteiger partial charge in [-0.2, -0.15) is 0 Å². The monoisotopic (exact) mass is 508 g/mol. The standard InChI is InChI=1S/C29H40N4O4/c1-27(9-3-2-4-10-27)24-18-37-16-15-33(24)26(35)31-14-13-29(36,28(19-31)11-5-6-12-28)20-32-21-30-23(17-25(32)34)22-7-8-22/h2-4,9,17,21-22,24,36H,5-8,10-16,18-20H2,1H3/t24-,27?,29+/m0/s1. The van der Waals surface area contributed by atoms with Crippen LogP contribution in [0.5, 0.6) is 0 Å². The third-order valence-corrected chi connectivity index (χ3v) is 9.85. The van der Waals surface area contributed by atoms with Crippen molar-refractivity contribution >= 4 is 6.03 Å². The first kappa shape index (κ1) is 24.9. The Morgan fingerprint density at radius 1 is 1.19 bits per heavy atom. The molecular weight excluding hydrogens is 468 g/mol. The number of ether oxygens (including phenoxy) is 1. The summed E-state index contributed by atoms with van der Waals surface area (Å²) in [6, 6.07) is 1.68. The molecular formula is C29H40N4O4. The summed E-state index contributed by atoms with van der Waals surface area (Å²) >= 11 is 0. The molecule has 0 aromatic carbocycles. The number of hydrogen-bond donors (Lipinski definition) is 1. The Bertz CT molecular complexity index is 1150. The van der Waals surface area contributed by atoms with E-state index in [4.69, 9.17) is 4.74 Å². The molecule has 0 bridgehead atoms. The largest absolute Gasteiger partial charge is 0.387 e. The highest BCUT2D eigenvalue weighted by molar-refractivity contribution is 5.75. The summed E-state index contributed by atoms with van der Waals surface area (Å²) in [5.41, 5.74) is -0.820. The molecule has 1 N–H and O–H groups in total. The number of carbonyl (C=O) groups is 1. The SMILES string of the molecule is CC1([C@@H]2COCCN2C(=O)N2CC[C@@](O)(Cn3cnc(C4CC4)cc3=O)C3(CCCC3)C2)C=CC=CC1. The molecule has 2 saturated heterocycles. The maximum absolute atomic E-state index is 14.0. The number of likely N-dealkylation sites (tertiary alicyclic amines) is 1. The average Bonchev–Trinajstić information content (AvgIpc) is 3.65. The summed E-state index contributed by atoms with van der Waals surface area (Å²) in [6.45, 7) is 5.13. The molecule has 4 fully saturated rings. The molecule has 37 heavy (non-hydrogen) atoms. The van der Waals surface area contributed by atoms with Gasteiger partial charge < -0.3 is 19.6 Å². The molecule has 200 valence electrons. The fourth-order valence-electron chi connectivity index (χ4n) is 7.26. The molecule has 1 unspecified atom stereocenters. The zero-order chi connectivity index (χ0) is 25.7. The van der Waals surface area contributed by atoms with Crippen LogP contribution in [0.2, 0.25) is 0 Å². The van der Waals surface area contributed by atoms with Crippen molar-refractivity contribution in [3.63, 3.8) is 0 Å². The van der Waals surface area contributed by atoms with E-state index in [0.717, 1.165) is 50.6 Å². The number of allylic oxidation sites excluding steroid dienone is 3. The van der Waals surface area contributed by atoms with Crippen molar-refractivity contribution in [2.75, 3.05) is 32.8 Å². The van der Waals surface area contributed by atoms with Crippen LogP contribution >= 0.6 is 0 Å². The molecule has 1 aromatic heterocycles. The van der Waals surface area contributed by atoms with Gasteiger partial charge in [-0.05, 0) is 38.5 Å². The van der Waals surface area contributed by atoms with Crippen LogP contribution in [0.15, 0.2) is 41.5 Å². The van der Waals surface area contributed by atoms with Gasteiger partial charge in [0, 0.05) is 42.4 Å². The third-order valence-electron chi connectivity index (χ3n) is 9.85. The lowest BCUT2D eigenvalue weighted by Gasteiger charge is -2.54.